The molecule has 0 bridgehead atoms. The van der Waals surface area contributed by atoms with Gasteiger partial charge in [-0.3, -0.25) is 4.79 Å². The molecule has 6 nitrogen and oxygen atoms in total. The van der Waals surface area contributed by atoms with Gasteiger partial charge in [-0.25, -0.2) is 4.98 Å². The molecule has 3 N–H and O–H groups in total. The first-order valence-corrected chi connectivity index (χ1v) is 5.30. The molecule has 0 spiro atoms. The van der Waals surface area contributed by atoms with Crippen molar-refractivity contribution in [1.29, 1.82) is 0 Å². The molecule has 1 heterocycles. The summed E-state index contributed by atoms with van der Waals surface area (Å²) in [6.45, 7) is 1.36. The summed E-state index contributed by atoms with van der Waals surface area (Å²) in [5.74, 6) is -0.0560. The van der Waals surface area contributed by atoms with Crippen molar-refractivity contribution in [2.75, 3.05) is 38.3 Å². The molecule has 0 aliphatic heterocycles. The molecule has 0 aliphatic rings. The first-order valence-electron chi connectivity index (χ1n) is 5.30. The molecule has 0 unspecified atom stereocenters. The monoisotopic (exact) mass is 239 g/mol. The number of anilines is 1. The maximum Gasteiger partial charge on any atom is 0.252 e. The van der Waals surface area contributed by atoms with Crippen LogP contribution < -0.4 is 10.6 Å². The summed E-state index contributed by atoms with van der Waals surface area (Å²) in [6, 6.07) is 3.26. The number of nitrogens with zero attached hydrogens (tertiary/aromatic N) is 2. The Labute approximate surface area is 100 Å². The summed E-state index contributed by atoms with van der Waals surface area (Å²) in [7, 11) is 1.59. The van der Waals surface area contributed by atoms with Gasteiger partial charge in [0.1, 0.15) is 5.82 Å². The summed E-state index contributed by atoms with van der Waals surface area (Å²) in [5.41, 5.74) is 5.62. The lowest BCUT2D eigenvalue weighted by Crippen LogP contribution is -2.33. The van der Waals surface area contributed by atoms with Crippen LogP contribution in [0.15, 0.2) is 18.3 Å². The second-order valence-electron chi connectivity index (χ2n) is 3.44. The van der Waals surface area contributed by atoms with Gasteiger partial charge in [0.2, 0.25) is 0 Å². The number of amides is 1. The van der Waals surface area contributed by atoms with Crippen LogP contribution in [0.1, 0.15) is 10.4 Å². The van der Waals surface area contributed by atoms with Crippen LogP contribution in [0.5, 0.6) is 0 Å². The fraction of sp³-hybridized carbons (Fsp3) is 0.455. The highest BCUT2D eigenvalue weighted by atomic mass is 16.5. The highest BCUT2D eigenvalue weighted by Crippen LogP contribution is 2.15. The minimum Gasteiger partial charge on any atom is -0.395 e. The zero-order chi connectivity index (χ0) is 12.7. The van der Waals surface area contributed by atoms with Crippen LogP contribution in [-0.2, 0) is 4.74 Å². The third-order valence-corrected chi connectivity index (χ3v) is 2.29. The number of pyridine rings is 1. The Balaban J connectivity index is 2.95. The fourth-order valence-corrected chi connectivity index (χ4v) is 1.49. The molecule has 0 aromatic carbocycles. The molecule has 0 atom stereocenters. The highest BCUT2D eigenvalue weighted by molar-refractivity contribution is 5.97. The number of primary amides is 1. The SMILES string of the molecule is COCCN(CCO)c1ncccc1C(N)=O. The lowest BCUT2D eigenvalue weighted by atomic mass is 10.2. The number of aliphatic hydroxyl groups excluding tert-OH is 1. The van der Waals surface area contributed by atoms with Gasteiger partial charge in [0.25, 0.3) is 5.91 Å². The predicted octanol–water partition coefficient (Wildman–Crippen LogP) is -0.374. The van der Waals surface area contributed by atoms with Crippen molar-refractivity contribution < 1.29 is 14.6 Å². The second-order valence-corrected chi connectivity index (χ2v) is 3.44. The van der Waals surface area contributed by atoms with E-state index >= 15 is 0 Å². The molecule has 1 aromatic heterocycles. The summed E-state index contributed by atoms with van der Waals surface area (Å²) in [6.07, 6.45) is 1.58. The minimum absolute atomic E-state index is 0.0293. The Kier molecular flexibility index (Phi) is 5.38. The van der Waals surface area contributed by atoms with E-state index in [9.17, 15) is 4.79 Å². The molecule has 0 saturated carbocycles. The van der Waals surface area contributed by atoms with E-state index in [0.29, 0.717) is 31.1 Å². The van der Waals surface area contributed by atoms with Gasteiger partial charge in [-0.05, 0) is 12.1 Å². The van der Waals surface area contributed by atoms with Crippen LogP contribution in [0.25, 0.3) is 0 Å². The van der Waals surface area contributed by atoms with Gasteiger partial charge in [0.05, 0.1) is 18.8 Å². The van der Waals surface area contributed by atoms with Gasteiger partial charge < -0.3 is 20.5 Å². The van der Waals surface area contributed by atoms with E-state index in [1.54, 1.807) is 30.3 Å². The normalized spacial score (nSPS) is 10.2. The molecule has 94 valence electrons. The molecule has 0 fully saturated rings. The van der Waals surface area contributed by atoms with Crippen LogP contribution in [0, 0.1) is 0 Å². The van der Waals surface area contributed by atoms with E-state index in [-0.39, 0.29) is 6.61 Å². The second kappa shape index (κ2) is 6.82. The standard InChI is InChI=1S/C11H17N3O3/c1-17-8-6-14(5-7-15)11-9(10(12)16)3-2-4-13-11/h2-4,15H,5-8H2,1H3,(H2,12,16). The third-order valence-electron chi connectivity index (χ3n) is 2.29. The molecule has 6 heteroatoms. The predicted molar refractivity (Wildman–Crippen MR) is 63.9 cm³/mol. The van der Waals surface area contributed by atoms with Gasteiger partial charge in [-0.1, -0.05) is 0 Å². The molecule has 0 saturated heterocycles. The average Bonchev–Trinajstić information content (AvgIpc) is 2.34. The van der Waals surface area contributed by atoms with Crippen LogP contribution in [0.4, 0.5) is 5.82 Å². The summed E-state index contributed by atoms with van der Waals surface area (Å²) >= 11 is 0. The molecular formula is C11H17N3O3. The largest absolute Gasteiger partial charge is 0.395 e. The van der Waals surface area contributed by atoms with E-state index in [1.807, 2.05) is 0 Å². The number of hydrogen-bond donors (Lipinski definition) is 2. The Morgan fingerprint density at radius 3 is 2.94 bits per heavy atom. The van der Waals surface area contributed by atoms with E-state index in [1.165, 1.54) is 0 Å². The van der Waals surface area contributed by atoms with Gasteiger partial charge in [0.15, 0.2) is 0 Å². The number of nitrogens with two attached hydrogens (primary N) is 1. The third kappa shape index (κ3) is 3.69. The zero-order valence-electron chi connectivity index (χ0n) is 9.80. The molecular weight excluding hydrogens is 222 g/mol. The van der Waals surface area contributed by atoms with Crippen molar-refractivity contribution in [3.05, 3.63) is 23.9 Å². The van der Waals surface area contributed by atoms with Crippen LogP contribution in [0.2, 0.25) is 0 Å². The molecule has 17 heavy (non-hydrogen) atoms. The maximum absolute atomic E-state index is 11.3. The summed E-state index contributed by atoms with van der Waals surface area (Å²) in [5, 5.41) is 9.00. The van der Waals surface area contributed by atoms with Crippen LogP contribution in [-0.4, -0.2) is 49.4 Å². The molecule has 0 aliphatic carbocycles. The molecule has 1 rings (SSSR count). The van der Waals surface area contributed by atoms with Gasteiger partial charge in [-0.2, -0.15) is 0 Å². The molecule has 0 radical (unpaired) electrons. The first-order chi connectivity index (χ1) is 8.20. The van der Waals surface area contributed by atoms with Crippen LogP contribution >= 0.6 is 0 Å². The lowest BCUT2D eigenvalue weighted by molar-refractivity contribution is 0.1000. The maximum atomic E-state index is 11.3. The number of rotatable bonds is 7. The number of aliphatic hydroxyl groups is 1. The number of aromatic nitrogens is 1. The van der Waals surface area contributed by atoms with Crippen molar-refractivity contribution >= 4 is 11.7 Å². The average molecular weight is 239 g/mol. The quantitative estimate of drug-likeness (QED) is 0.677. The smallest absolute Gasteiger partial charge is 0.252 e. The van der Waals surface area contributed by atoms with Crippen LogP contribution in [0.3, 0.4) is 0 Å². The number of carbonyl (C=O) groups excluding carboxylic acids is 1. The van der Waals surface area contributed by atoms with E-state index in [4.69, 9.17) is 15.6 Å². The Hall–Kier alpha value is -1.66. The van der Waals surface area contributed by atoms with Crippen molar-refractivity contribution in [3.8, 4) is 0 Å². The Morgan fingerprint density at radius 1 is 1.59 bits per heavy atom. The highest BCUT2D eigenvalue weighted by Gasteiger charge is 2.15. The van der Waals surface area contributed by atoms with E-state index in [0.717, 1.165) is 0 Å². The first kappa shape index (κ1) is 13.4. The van der Waals surface area contributed by atoms with Crippen molar-refractivity contribution in [3.63, 3.8) is 0 Å². The number of ether oxygens (including phenoxy) is 1. The number of carbonyl (C=O) groups is 1. The van der Waals surface area contributed by atoms with Crippen molar-refractivity contribution in [1.82, 2.24) is 4.98 Å². The summed E-state index contributed by atoms with van der Waals surface area (Å²) < 4.78 is 4.97. The zero-order valence-corrected chi connectivity index (χ0v) is 9.80. The van der Waals surface area contributed by atoms with E-state index in [2.05, 4.69) is 4.98 Å². The minimum atomic E-state index is -0.534. The molecule has 1 aromatic rings. The molecule has 1 amide bonds. The van der Waals surface area contributed by atoms with Gasteiger partial charge >= 0.3 is 0 Å². The summed E-state index contributed by atoms with van der Waals surface area (Å²) in [4.78, 5) is 17.2. The number of hydrogen-bond acceptors (Lipinski definition) is 5. The van der Waals surface area contributed by atoms with Gasteiger partial charge in [0, 0.05) is 26.4 Å². The topological polar surface area (TPSA) is 88.7 Å². The Bertz CT molecular complexity index is 371. The van der Waals surface area contributed by atoms with E-state index < -0.39 is 5.91 Å². The fourth-order valence-electron chi connectivity index (χ4n) is 1.49. The Morgan fingerprint density at radius 2 is 2.35 bits per heavy atom. The number of methoxy groups -OCH3 is 1. The lowest BCUT2D eigenvalue weighted by Gasteiger charge is -2.23. The van der Waals surface area contributed by atoms with Crippen molar-refractivity contribution in [2.24, 2.45) is 5.73 Å². The van der Waals surface area contributed by atoms with Gasteiger partial charge in [-0.15, -0.1) is 0 Å². The van der Waals surface area contributed by atoms with Crippen molar-refractivity contribution in [2.45, 2.75) is 0 Å².